The maximum absolute atomic E-state index is 12.1. The number of halogens is 3. The largest absolute Gasteiger partial charge is 0.573 e. The minimum absolute atomic E-state index is 0.148. The zero-order chi connectivity index (χ0) is 19.2. The Morgan fingerprint density at radius 3 is 2.38 bits per heavy atom. The van der Waals surface area contributed by atoms with Crippen LogP contribution >= 0.6 is 0 Å². The predicted molar refractivity (Wildman–Crippen MR) is 88.5 cm³/mol. The predicted octanol–water partition coefficient (Wildman–Crippen LogP) is 2.90. The first-order valence-corrected chi connectivity index (χ1v) is 7.76. The molecule has 2 amide bonds. The molecule has 1 heterocycles. The average Bonchev–Trinajstić information content (AvgIpc) is 2.60. The number of hydrogen-bond acceptors (Lipinski definition) is 5. The zero-order valence-electron chi connectivity index (χ0n) is 13.9. The lowest BCUT2D eigenvalue weighted by Gasteiger charge is -2.33. The third-order valence-electron chi connectivity index (χ3n) is 3.63. The zero-order valence-corrected chi connectivity index (χ0v) is 13.9. The van der Waals surface area contributed by atoms with Crippen LogP contribution in [0.2, 0.25) is 0 Å². The third-order valence-corrected chi connectivity index (χ3v) is 3.63. The summed E-state index contributed by atoms with van der Waals surface area (Å²) in [4.78, 5) is 17.1. The van der Waals surface area contributed by atoms with E-state index in [0.29, 0.717) is 31.7 Å². The van der Waals surface area contributed by atoms with E-state index in [1.807, 2.05) is 0 Å². The molecular weight excluding hydrogens is 353 g/mol. The first-order valence-electron chi connectivity index (χ1n) is 7.76. The molecule has 0 spiro atoms. The maximum Gasteiger partial charge on any atom is 0.573 e. The SMILES string of the molecule is C=N/C=C\N(N)C(=O)N1CCC(Oc2ccc(OC(F)(F)F)cc2)CC1. The standard InChI is InChI=1S/C16H19F3N4O3/c1-21-8-11-23(20)15(24)22-9-6-13(7-10-22)25-12-2-4-14(5-3-12)26-16(17,18)19/h2-5,8,11,13H,1,6-7,9-10,20H2/b11-8-. The summed E-state index contributed by atoms with van der Waals surface area (Å²) >= 11 is 0. The van der Waals surface area contributed by atoms with Gasteiger partial charge in [0.15, 0.2) is 0 Å². The van der Waals surface area contributed by atoms with Crippen LogP contribution in [0.1, 0.15) is 12.8 Å². The van der Waals surface area contributed by atoms with Gasteiger partial charge in [0.1, 0.15) is 17.6 Å². The molecular formula is C16H19F3N4O3. The van der Waals surface area contributed by atoms with Crippen molar-refractivity contribution in [2.75, 3.05) is 13.1 Å². The van der Waals surface area contributed by atoms with Crippen LogP contribution in [-0.4, -0.2) is 48.2 Å². The van der Waals surface area contributed by atoms with Gasteiger partial charge in [0.25, 0.3) is 0 Å². The lowest BCUT2D eigenvalue weighted by Crippen LogP contribution is -2.48. The molecule has 2 rings (SSSR count). The summed E-state index contributed by atoms with van der Waals surface area (Å²) in [6, 6.07) is 4.83. The van der Waals surface area contributed by atoms with Gasteiger partial charge in [0.05, 0.1) is 0 Å². The second kappa shape index (κ2) is 8.56. The Morgan fingerprint density at radius 1 is 1.27 bits per heavy atom. The molecule has 26 heavy (non-hydrogen) atoms. The number of benzene rings is 1. The van der Waals surface area contributed by atoms with Crippen molar-refractivity contribution < 1.29 is 27.4 Å². The molecule has 7 nitrogen and oxygen atoms in total. The molecule has 1 aromatic rings. The van der Waals surface area contributed by atoms with E-state index in [1.165, 1.54) is 36.7 Å². The van der Waals surface area contributed by atoms with Crippen molar-refractivity contribution in [1.82, 2.24) is 9.91 Å². The number of carbonyl (C=O) groups is 1. The quantitative estimate of drug-likeness (QED) is 0.373. The fourth-order valence-corrected chi connectivity index (χ4v) is 2.42. The molecule has 1 aliphatic rings. The summed E-state index contributed by atoms with van der Waals surface area (Å²) in [6.45, 7) is 4.15. The Bertz CT molecular complexity index is 641. The number of piperidine rings is 1. The summed E-state index contributed by atoms with van der Waals surface area (Å²) in [7, 11) is 0. The van der Waals surface area contributed by atoms with E-state index >= 15 is 0 Å². The number of aliphatic imine (C=N–C) groups is 1. The number of hydrazine groups is 1. The number of amides is 2. The number of likely N-dealkylation sites (tertiary alicyclic amines) is 1. The topological polar surface area (TPSA) is 80.4 Å². The molecule has 2 N–H and O–H groups in total. The smallest absolute Gasteiger partial charge is 0.490 e. The number of carbonyl (C=O) groups excluding carboxylic acids is 1. The van der Waals surface area contributed by atoms with Crippen LogP contribution in [0.3, 0.4) is 0 Å². The van der Waals surface area contributed by atoms with Crippen LogP contribution in [0, 0.1) is 0 Å². The Kier molecular flexibility index (Phi) is 6.45. The van der Waals surface area contributed by atoms with Crippen LogP contribution in [0.25, 0.3) is 0 Å². The summed E-state index contributed by atoms with van der Waals surface area (Å²) in [5.41, 5.74) is 0. The fourth-order valence-electron chi connectivity index (χ4n) is 2.42. The van der Waals surface area contributed by atoms with Gasteiger partial charge in [-0.2, -0.15) is 0 Å². The second-order valence-corrected chi connectivity index (χ2v) is 5.49. The van der Waals surface area contributed by atoms with Crippen LogP contribution in [0.15, 0.2) is 41.7 Å². The molecule has 1 saturated heterocycles. The van der Waals surface area contributed by atoms with Gasteiger partial charge >= 0.3 is 12.4 Å². The molecule has 0 bridgehead atoms. The van der Waals surface area contributed by atoms with Gasteiger partial charge in [0, 0.05) is 38.3 Å². The van der Waals surface area contributed by atoms with Crippen LogP contribution in [0.5, 0.6) is 11.5 Å². The van der Waals surface area contributed by atoms with E-state index in [1.54, 1.807) is 4.90 Å². The molecule has 0 unspecified atom stereocenters. The van der Waals surface area contributed by atoms with Crippen molar-refractivity contribution in [3.8, 4) is 11.5 Å². The van der Waals surface area contributed by atoms with E-state index in [-0.39, 0.29) is 17.9 Å². The van der Waals surface area contributed by atoms with Gasteiger partial charge in [-0.05, 0) is 31.0 Å². The van der Waals surface area contributed by atoms with Crippen LogP contribution in [0.4, 0.5) is 18.0 Å². The molecule has 0 aliphatic carbocycles. The molecule has 1 aromatic carbocycles. The molecule has 0 atom stereocenters. The first kappa shape index (κ1) is 19.6. The number of alkyl halides is 3. The summed E-state index contributed by atoms with van der Waals surface area (Å²) in [5.74, 6) is 5.72. The fraction of sp³-hybridized carbons (Fsp3) is 0.375. The van der Waals surface area contributed by atoms with Gasteiger partial charge < -0.3 is 14.4 Å². The monoisotopic (exact) mass is 372 g/mol. The van der Waals surface area contributed by atoms with Gasteiger partial charge in [0.2, 0.25) is 0 Å². The Balaban J connectivity index is 1.82. The molecule has 0 radical (unpaired) electrons. The number of urea groups is 1. The first-order chi connectivity index (χ1) is 12.3. The van der Waals surface area contributed by atoms with E-state index in [4.69, 9.17) is 10.6 Å². The van der Waals surface area contributed by atoms with Crippen molar-refractivity contribution in [3.05, 3.63) is 36.7 Å². The Hall–Kier alpha value is -2.75. The number of nitrogens with zero attached hydrogens (tertiary/aromatic N) is 3. The van der Waals surface area contributed by atoms with Crippen LogP contribution in [-0.2, 0) is 0 Å². The molecule has 0 aromatic heterocycles. The second-order valence-electron chi connectivity index (χ2n) is 5.49. The maximum atomic E-state index is 12.1. The minimum Gasteiger partial charge on any atom is -0.490 e. The minimum atomic E-state index is -4.73. The molecule has 0 saturated carbocycles. The van der Waals surface area contributed by atoms with E-state index in [9.17, 15) is 18.0 Å². The van der Waals surface area contributed by atoms with E-state index < -0.39 is 6.36 Å². The van der Waals surface area contributed by atoms with Crippen molar-refractivity contribution >= 4 is 12.7 Å². The Labute approximate surface area is 148 Å². The van der Waals surface area contributed by atoms with Gasteiger partial charge in [-0.1, -0.05) is 0 Å². The number of rotatable bonds is 5. The van der Waals surface area contributed by atoms with Crippen molar-refractivity contribution in [1.29, 1.82) is 0 Å². The lowest BCUT2D eigenvalue weighted by molar-refractivity contribution is -0.274. The lowest BCUT2D eigenvalue weighted by atomic mass is 10.1. The number of nitrogens with two attached hydrogens (primary N) is 1. The third kappa shape index (κ3) is 5.96. The highest BCUT2D eigenvalue weighted by atomic mass is 19.4. The van der Waals surface area contributed by atoms with Gasteiger partial charge in [-0.25, -0.2) is 15.6 Å². The summed E-state index contributed by atoms with van der Waals surface area (Å²) in [6.07, 6.45) is -1.11. The highest BCUT2D eigenvalue weighted by Crippen LogP contribution is 2.26. The number of hydrogen-bond donors (Lipinski definition) is 1. The van der Waals surface area contributed by atoms with E-state index in [0.717, 1.165) is 5.01 Å². The molecule has 10 heteroatoms. The molecule has 1 fully saturated rings. The van der Waals surface area contributed by atoms with Crippen molar-refractivity contribution in [3.63, 3.8) is 0 Å². The Morgan fingerprint density at radius 2 is 1.85 bits per heavy atom. The normalized spacial score (nSPS) is 15.8. The molecule has 142 valence electrons. The summed E-state index contributed by atoms with van der Waals surface area (Å²) < 4.78 is 45.9. The van der Waals surface area contributed by atoms with Gasteiger partial charge in [-0.3, -0.25) is 4.99 Å². The molecule has 1 aliphatic heterocycles. The summed E-state index contributed by atoms with van der Waals surface area (Å²) in [5, 5.41) is 0.926. The average molecular weight is 372 g/mol. The van der Waals surface area contributed by atoms with Gasteiger partial charge in [-0.15, -0.1) is 13.2 Å². The highest BCUT2D eigenvalue weighted by Gasteiger charge is 2.31. The van der Waals surface area contributed by atoms with Crippen LogP contribution < -0.4 is 15.3 Å². The van der Waals surface area contributed by atoms with Crippen molar-refractivity contribution in [2.24, 2.45) is 10.8 Å². The highest BCUT2D eigenvalue weighted by molar-refractivity contribution is 5.74. The number of ether oxygens (including phenoxy) is 2. The van der Waals surface area contributed by atoms with Crippen molar-refractivity contribution in [2.45, 2.75) is 25.3 Å². The van der Waals surface area contributed by atoms with E-state index in [2.05, 4.69) is 16.4 Å².